The molecule has 3 aromatic rings. The van der Waals surface area contributed by atoms with E-state index in [4.69, 9.17) is 0 Å². The largest absolute Gasteiger partial charge is 0.481 e. The zero-order valence-corrected chi connectivity index (χ0v) is 20.3. The molecule has 0 bridgehead atoms. The first-order valence-electron chi connectivity index (χ1n) is 11.7. The van der Waals surface area contributed by atoms with Gasteiger partial charge in [0.15, 0.2) is 0 Å². The van der Waals surface area contributed by atoms with Gasteiger partial charge in [-0.1, -0.05) is 42.0 Å². The van der Waals surface area contributed by atoms with E-state index in [0.717, 1.165) is 32.8 Å². The molecule has 0 radical (unpaired) electrons. The molecule has 0 fully saturated rings. The Morgan fingerprint density at radius 3 is 2.32 bits per heavy atom. The van der Waals surface area contributed by atoms with E-state index < -0.39 is 42.8 Å². The summed E-state index contributed by atoms with van der Waals surface area (Å²) < 4.78 is 54.8. The lowest BCUT2D eigenvalue weighted by atomic mass is 9.93. The molecule has 0 aromatic heterocycles. The summed E-state index contributed by atoms with van der Waals surface area (Å²) in [5.41, 5.74) is 4.23. The van der Waals surface area contributed by atoms with E-state index in [2.05, 4.69) is 5.10 Å². The minimum absolute atomic E-state index is 0.295. The van der Waals surface area contributed by atoms with Crippen LogP contribution in [0.4, 0.5) is 23.2 Å². The van der Waals surface area contributed by atoms with Crippen molar-refractivity contribution in [2.75, 3.05) is 11.6 Å². The van der Waals surface area contributed by atoms with Crippen LogP contribution in [0.3, 0.4) is 0 Å². The fraction of sp³-hybridized carbons (Fsp3) is 0.286. The predicted molar refractivity (Wildman–Crippen MR) is 133 cm³/mol. The third kappa shape index (κ3) is 5.67. The molecule has 5 nitrogen and oxygen atoms in total. The standard InChI is InChI=1S/C28H26F4N2O3/c1-16-3-10-24(29)22(11-16)20-7-6-19(17(2)12-20)13-18-4-8-21(9-5-18)34-25(14-26(36)37)23(15-35)27(33-34)28(30,31)32/h3-12,23,25,35H,13-15H2,1-2H3,(H,36,37). The summed E-state index contributed by atoms with van der Waals surface area (Å²) >= 11 is 0. The lowest BCUT2D eigenvalue weighted by Gasteiger charge is -2.26. The molecule has 3 aromatic carbocycles. The van der Waals surface area contributed by atoms with Crippen LogP contribution in [0.5, 0.6) is 0 Å². The maximum absolute atomic E-state index is 14.3. The molecule has 0 spiro atoms. The van der Waals surface area contributed by atoms with E-state index >= 15 is 0 Å². The van der Waals surface area contributed by atoms with Crippen molar-refractivity contribution in [3.63, 3.8) is 0 Å². The molecule has 1 aliphatic heterocycles. The van der Waals surface area contributed by atoms with E-state index in [1.54, 1.807) is 36.4 Å². The van der Waals surface area contributed by atoms with Crippen molar-refractivity contribution >= 4 is 17.4 Å². The summed E-state index contributed by atoms with van der Waals surface area (Å²) in [5, 5.41) is 23.5. The Kier molecular flexibility index (Phi) is 7.36. The van der Waals surface area contributed by atoms with Crippen LogP contribution in [0.1, 0.15) is 28.7 Å². The molecule has 0 aliphatic carbocycles. The van der Waals surface area contributed by atoms with Crippen molar-refractivity contribution < 1.29 is 32.6 Å². The highest BCUT2D eigenvalue weighted by Crippen LogP contribution is 2.36. The van der Waals surface area contributed by atoms with Gasteiger partial charge < -0.3 is 10.2 Å². The number of aliphatic carboxylic acids is 1. The summed E-state index contributed by atoms with van der Waals surface area (Å²) in [4.78, 5) is 11.3. The number of anilines is 1. The summed E-state index contributed by atoms with van der Waals surface area (Å²) in [5.74, 6) is -3.04. The zero-order valence-electron chi connectivity index (χ0n) is 20.3. The Hall–Kier alpha value is -3.72. The molecule has 9 heteroatoms. The summed E-state index contributed by atoms with van der Waals surface area (Å²) in [7, 11) is 0. The molecule has 37 heavy (non-hydrogen) atoms. The summed E-state index contributed by atoms with van der Waals surface area (Å²) in [6.45, 7) is 2.97. The third-order valence-electron chi connectivity index (χ3n) is 6.59. The van der Waals surface area contributed by atoms with E-state index in [0.29, 0.717) is 17.7 Å². The van der Waals surface area contributed by atoms with Gasteiger partial charge in [0.25, 0.3) is 0 Å². The number of carboxylic acids is 1. The number of carboxylic acid groups (broad SMARTS) is 1. The monoisotopic (exact) mass is 514 g/mol. The van der Waals surface area contributed by atoms with Gasteiger partial charge in [-0.15, -0.1) is 0 Å². The fourth-order valence-corrected chi connectivity index (χ4v) is 4.66. The van der Waals surface area contributed by atoms with Gasteiger partial charge in [0.2, 0.25) is 0 Å². The second-order valence-corrected chi connectivity index (χ2v) is 9.25. The Balaban J connectivity index is 1.57. The molecular weight excluding hydrogens is 488 g/mol. The van der Waals surface area contributed by atoms with Gasteiger partial charge in [-0.05, 0) is 66.8 Å². The van der Waals surface area contributed by atoms with Gasteiger partial charge in [0.1, 0.15) is 11.5 Å². The van der Waals surface area contributed by atoms with Crippen LogP contribution >= 0.6 is 0 Å². The van der Waals surface area contributed by atoms with Crippen molar-refractivity contribution in [2.45, 2.75) is 38.9 Å². The molecular formula is C28H26F4N2O3. The molecule has 2 N–H and O–H groups in total. The van der Waals surface area contributed by atoms with Gasteiger partial charge in [-0.3, -0.25) is 9.80 Å². The topological polar surface area (TPSA) is 73.1 Å². The lowest BCUT2D eigenvalue weighted by molar-refractivity contribution is -0.137. The maximum Gasteiger partial charge on any atom is 0.431 e. The van der Waals surface area contributed by atoms with Crippen LogP contribution in [-0.2, 0) is 11.2 Å². The Labute approximate surface area is 211 Å². The lowest BCUT2D eigenvalue weighted by Crippen LogP contribution is -2.40. The van der Waals surface area contributed by atoms with Crippen LogP contribution in [0.15, 0.2) is 65.8 Å². The van der Waals surface area contributed by atoms with Crippen LogP contribution < -0.4 is 5.01 Å². The van der Waals surface area contributed by atoms with Crippen LogP contribution in [0.2, 0.25) is 0 Å². The Bertz CT molecular complexity index is 1340. The average Bonchev–Trinajstić information content (AvgIpc) is 3.20. The van der Waals surface area contributed by atoms with Gasteiger partial charge in [0, 0.05) is 5.56 Å². The molecule has 2 unspecified atom stereocenters. The van der Waals surface area contributed by atoms with Crippen molar-refractivity contribution in [3.05, 3.63) is 88.7 Å². The van der Waals surface area contributed by atoms with Gasteiger partial charge >= 0.3 is 12.1 Å². The minimum atomic E-state index is -4.79. The number of halogens is 4. The molecule has 0 saturated carbocycles. The molecule has 194 valence electrons. The van der Waals surface area contributed by atoms with Gasteiger partial charge in [0.05, 0.1) is 30.7 Å². The van der Waals surface area contributed by atoms with Crippen LogP contribution in [0, 0.1) is 25.6 Å². The number of benzene rings is 3. The molecule has 1 aliphatic rings. The molecule has 0 saturated heterocycles. The predicted octanol–water partition coefficient (Wildman–Crippen LogP) is 5.89. The van der Waals surface area contributed by atoms with E-state index in [9.17, 15) is 32.6 Å². The maximum atomic E-state index is 14.3. The number of carbonyl (C=O) groups is 1. The van der Waals surface area contributed by atoms with Crippen molar-refractivity contribution in [2.24, 2.45) is 11.0 Å². The van der Waals surface area contributed by atoms with Crippen molar-refractivity contribution in [3.8, 4) is 11.1 Å². The highest BCUT2D eigenvalue weighted by atomic mass is 19.4. The second kappa shape index (κ2) is 10.3. The van der Waals surface area contributed by atoms with E-state index in [-0.39, 0.29) is 5.82 Å². The molecule has 2 atom stereocenters. The Morgan fingerprint density at radius 1 is 1.03 bits per heavy atom. The SMILES string of the molecule is Cc1ccc(F)c(-c2ccc(Cc3ccc(N4N=C(C(F)(F)F)C(CO)C4CC(=O)O)cc3)c(C)c2)c1. The van der Waals surface area contributed by atoms with Crippen molar-refractivity contribution in [1.82, 2.24) is 0 Å². The van der Waals surface area contributed by atoms with Gasteiger partial charge in [-0.25, -0.2) is 4.39 Å². The average molecular weight is 515 g/mol. The quantitative estimate of drug-likeness (QED) is 0.386. The number of hydrazone groups is 1. The van der Waals surface area contributed by atoms with E-state index in [1.807, 2.05) is 32.0 Å². The molecule has 4 rings (SSSR count). The normalized spacial score (nSPS) is 17.7. The fourth-order valence-electron chi connectivity index (χ4n) is 4.66. The number of hydrogen-bond acceptors (Lipinski definition) is 4. The molecule has 1 heterocycles. The highest BCUT2D eigenvalue weighted by Gasteiger charge is 2.50. The molecule has 0 amide bonds. The van der Waals surface area contributed by atoms with Gasteiger partial charge in [-0.2, -0.15) is 18.3 Å². The third-order valence-corrected chi connectivity index (χ3v) is 6.59. The van der Waals surface area contributed by atoms with E-state index in [1.165, 1.54) is 6.07 Å². The zero-order chi connectivity index (χ0) is 26.9. The number of aliphatic hydroxyl groups excluding tert-OH is 1. The number of nitrogens with zero attached hydrogens (tertiary/aromatic N) is 2. The number of hydrogen-bond donors (Lipinski definition) is 2. The first kappa shape index (κ1) is 26.3. The smallest absolute Gasteiger partial charge is 0.431 e. The van der Waals surface area contributed by atoms with Crippen LogP contribution in [-0.4, -0.2) is 40.7 Å². The Morgan fingerprint density at radius 2 is 1.73 bits per heavy atom. The highest BCUT2D eigenvalue weighted by molar-refractivity contribution is 5.96. The van der Waals surface area contributed by atoms with Crippen LogP contribution in [0.25, 0.3) is 11.1 Å². The number of aryl methyl sites for hydroxylation is 2. The second-order valence-electron chi connectivity index (χ2n) is 9.25. The van der Waals surface area contributed by atoms with Crippen molar-refractivity contribution in [1.29, 1.82) is 0 Å². The number of aliphatic hydroxyl groups is 1. The minimum Gasteiger partial charge on any atom is -0.481 e. The number of alkyl halides is 3. The summed E-state index contributed by atoms with van der Waals surface area (Å²) in [6, 6.07) is 16.2. The summed E-state index contributed by atoms with van der Waals surface area (Å²) in [6.07, 6.45) is -4.86. The first-order valence-corrected chi connectivity index (χ1v) is 11.7. The first-order chi connectivity index (χ1) is 17.5. The number of rotatable bonds is 7.